The molecule has 1 saturated heterocycles. The van der Waals surface area contributed by atoms with E-state index in [1.165, 1.54) is 37.9 Å². The molecule has 3 heteroatoms. The van der Waals surface area contributed by atoms with Crippen molar-refractivity contribution < 1.29 is 9.53 Å². The fourth-order valence-electron chi connectivity index (χ4n) is 1.76. The zero-order valence-electron chi connectivity index (χ0n) is 9.67. The van der Waals surface area contributed by atoms with Gasteiger partial charge in [-0.3, -0.25) is 4.79 Å². The Bertz CT molecular complexity index is 176. The summed E-state index contributed by atoms with van der Waals surface area (Å²) in [7, 11) is 0. The Morgan fingerprint density at radius 2 is 2.27 bits per heavy atom. The number of esters is 1. The lowest BCUT2D eigenvalue weighted by Gasteiger charge is -2.08. The second-order valence-corrected chi connectivity index (χ2v) is 5.53. The van der Waals surface area contributed by atoms with Gasteiger partial charge in [0.1, 0.15) is 0 Å². The summed E-state index contributed by atoms with van der Waals surface area (Å²) in [6.07, 6.45) is 7.76. The third-order valence-corrected chi connectivity index (χ3v) is 4.08. The van der Waals surface area contributed by atoms with Crippen LogP contribution in [0.5, 0.6) is 0 Å². The van der Waals surface area contributed by atoms with Gasteiger partial charge in [0.05, 0.1) is 13.0 Å². The molecule has 1 aliphatic rings. The third-order valence-electron chi connectivity index (χ3n) is 2.68. The maximum absolute atomic E-state index is 11.4. The molecule has 1 atom stereocenters. The van der Waals surface area contributed by atoms with Crippen LogP contribution in [0.4, 0.5) is 0 Å². The first-order valence-electron chi connectivity index (χ1n) is 6.10. The molecule has 0 aliphatic carbocycles. The summed E-state index contributed by atoms with van der Waals surface area (Å²) in [5.41, 5.74) is 0. The predicted octanol–water partition coefficient (Wildman–Crippen LogP) is 3.40. The van der Waals surface area contributed by atoms with Crippen molar-refractivity contribution >= 4 is 17.7 Å². The molecule has 0 amide bonds. The van der Waals surface area contributed by atoms with E-state index >= 15 is 0 Å². The monoisotopic (exact) mass is 230 g/mol. The van der Waals surface area contributed by atoms with Gasteiger partial charge in [0.2, 0.25) is 0 Å². The number of rotatable bonds is 7. The SMILES string of the molecule is CCCCCCOC(=O)CC1CCCS1. The van der Waals surface area contributed by atoms with E-state index in [1.807, 2.05) is 11.8 Å². The summed E-state index contributed by atoms with van der Waals surface area (Å²) < 4.78 is 5.20. The summed E-state index contributed by atoms with van der Waals surface area (Å²) in [6, 6.07) is 0. The van der Waals surface area contributed by atoms with Crippen LogP contribution >= 0.6 is 11.8 Å². The van der Waals surface area contributed by atoms with Crippen LogP contribution in [0.25, 0.3) is 0 Å². The summed E-state index contributed by atoms with van der Waals surface area (Å²) in [4.78, 5) is 11.4. The lowest BCUT2D eigenvalue weighted by atomic mass is 10.2. The van der Waals surface area contributed by atoms with Crippen molar-refractivity contribution in [1.82, 2.24) is 0 Å². The minimum atomic E-state index is 0.00546. The molecule has 0 aromatic carbocycles. The van der Waals surface area contributed by atoms with Gasteiger partial charge < -0.3 is 4.74 Å². The number of thioether (sulfide) groups is 1. The molecular formula is C12H22O2S. The van der Waals surface area contributed by atoms with Crippen molar-refractivity contribution in [2.75, 3.05) is 12.4 Å². The van der Waals surface area contributed by atoms with Crippen LogP contribution < -0.4 is 0 Å². The van der Waals surface area contributed by atoms with Gasteiger partial charge in [0.15, 0.2) is 0 Å². The minimum absolute atomic E-state index is 0.00546. The molecule has 1 fully saturated rings. The van der Waals surface area contributed by atoms with Crippen LogP contribution in [0, 0.1) is 0 Å². The van der Waals surface area contributed by atoms with E-state index in [0.717, 1.165) is 6.42 Å². The molecule has 0 aromatic rings. The zero-order chi connectivity index (χ0) is 10.9. The second kappa shape index (κ2) is 8.03. The van der Waals surface area contributed by atoms with Crippen molar-refractivity contribution in [1.29, 1.82) is 0 Å². The molecule has 0 saturated carbocycles. The number of ether oxygens (including phenoxy) is 1. The molecular weight excluding hydrogens is 208 g/mol. The maximum atomic E-state index is 11.4. The van der Waals surface area contributed by atoms with Crippen LogP contribution in [0.1, 0.15) is 51.9 Å². The van der Waals surface area contributed by atoms with Crippen molar-refractivity contribution in [3.8, 4) is 0 Å². The van der Waals surface area contributed by atoms with E-state index in [2.05, 4.69) is 6.92 Å². The Labute approximate surface area is 97.1 Å². The fourth-order valence-corrected chi connectivity index (χ4v) is 3.02. The molecule has 0 spiro atoms. The molecule has 2 nitrogen and oxygen atoms in total. The van der Waals surface area contributed by atoms with Gasteiger partial charge in [0.25, 0.3) is 0 Å². The lowest BCUT2D eigenvalue weighted by Crippen LogP contribution is -2.11. The second-order valence-electron chi connectivity index (χ2n) is 4.12. The lowest BCUT2D eigenvalue weighted by molar-refractivity contribution is -0.143. The van der Waals surface area contributed by atoms with Crippen molar-refractivity contribution in [2.45, 2.75) is 57.1 Å². The van der Waals surface area contributed by atoms with Crippen LogP contribution in [-0.2, 0) is 9.53 Å². The molecule has 88 valence electrons. The van der Waals surface area contributed by atoms with Gasteiger partial charge in [-0.1, -0.05) is 26.2 Å². The van der Waals surface area contributed by atoms with Gasteiger partial charge in [-0.05, 0) is 25.0 Å². The first-order valence-corrected chi connectivity index (χ1v) is 7.15. The van der Waals surface area contributed by atoms with Crippen LogP contribution in [0.3, 0.4) is 0 Å². The molecule has 0 aromatic heterocycles. The van der Waals surface area contributed by atoms with Gasteiger partial charge in [-0.15, -0.1) is 0 Å². The molecule has 0 radical (unpaired) electrons. The van der Waals surface area contributed by atoms with Gasteiger partial charge in [0, 0.05) is 5.25 Å². The van der Waals surface area contributed by atoms with E-state index in [-0.39, 0.29) is 5.97 Å². The topological polar surface area (TPSA) is 26.3 Å². The van der Waals surface area contributed by atoms with Crippen molar-refractivity contribution in [2.24, 2.45) is 0 Å². The highest BCUT2D eigenvalue weighted by molar-refractivity contribution is 8.00. The van der Waals surface area contributed by atoms with Crippen LogP contribution in [0.15, 0.2) is 0 Å². The molecule has 0 bridgehead atoms. The standard InChI is InChI=1S/C12H22O2S/c1-2-3-4-5-8-14-12(13)10-11-7-6-9-15-11/h11H,2-10H2,1H3. The molecule has 15 heavy (non-hydrogen) atoms. The predicted molar refractivity (Wildman–Crippen MR) is 65.2 cm³/mol. The number of unbranched alkanes of at least 4 members (excludes halogenated alkanes) is 3. The Balaban J connectivity index is 1.93. The first-order chi connectivity index (χ1) is 7.33. The highest BCUT2D eigenvalue weighted by Gasteiger charge is 2.19. The number of hydrogen-bond donors (Lipinski definition) is 0. The van der Waals surface area contributed by atoms with Crippen molar-refractivity contribution in [3.05, 3.63) is 0 Å². The molecule has 1 unspecified atom stereocenters. The van der Waals surface area contributed by atoms with E-state index in [0.29, 0.717) is 18.3 Å². The Kier molecular flexibility index (Phi) is 6.90. The highest BCUT2D eigenvalue weighted by atomic mass is 32.2. The van der Waals surface area contributed by atoms with Crippen LogP contribution in [-0.4, -0.2) is 23.6 Å². The largest absolute Gasteiger partial charge is 0.466 e. The zero-order valence-corrected chi connectivity index (χ0v) is 10.5. The van der Waals surface area contributed by atoms with Crippen molar-refractivity contribution in [3.63, 3.8) is 0 Å². The smallest absolute Gasteiger partial charge is 0.306 e. The quantitative estimate of drug-likeness (QED) is 0.495. The Hall–Kier alpha value is -0.180. The third kappa shape index (κ3) is 6.08. The minimum Gasteiger partial charge on any atom is -0.466 e. The normalized spacial score (nSPS) is 20.5. The number of hydrogen-bond acceptors (Lipinski definition) is 3. The highest BCUT2D eigenvalue weighted by Crippen LogP contribution is 2.28. The Morgan fingerprint density at radius 1 is 1.40 bits per heavy atom. The fraction of sp³-hybridized carbons (Fsp3) is 0.917. The van der Waals surface area contributed by atoms with Gasteiger partial charge in [-0.2, -0.15) is 11.8 Å². The average Bonchev–Trinajstić information content (AvgIpc) is 2.70. The molecule has 1 heterocycles. The first kappa shape index (κ1) is 12.9. The Morgan fingerprint density at radius 3 is 2.93 bits per heavy atom. The van der Waals surface area contributed by atoms with E-state index in [1.54, 1.807) is 0 Å². The summed E-state index contributed by atoms with van der Waals surface area (Å²) in [5.74, 6) is 1.22. The summed E-state index contributed by atoms with van der Waals surface area (Å²) >= 11 is 1.92. The summed E-state index contributed by atoms with van der Waals surface area (Å²) in [6.45, 7) is 2.81. The number of carbonyl (C=O) groups is 1. The summed E-state index contributed by atoms with van der Waals surface area (Å²) in [5, 5.41) is 0.535. The number of carbonyl (C=O) groups excluding carboxylic acids is 1. The molecule has 1 rings (SSSR count). The molecule has 0 N–H and O–H groups in total. The molecule has 1 aliphatic heterocycles. The van der Waals surface area contributed by atoms with E-state index in [4.69, 9.17) is 4.74 Å². The maximum Gasteiger partial charge on any atom is 0.306 e. The van der Waals surface area contributed by atoms with E-state index < -0.39 is 0 Å². The van der Waals surface area contributed by atoms with Crippen LogP contribution in [0.2, 0.25) is 0 Å². The average molecular weight is 230 g/mol. The van der Waals surface area contributed by atoms with Gasteiger partial charge >= 0.3 is 5.97 Å². The van der Waals surface area contributed by atoms with Gasteiger partial charge in [-0.25, -0.2) is 0 Å². The van der Waals surface area contributed by atoms with E-state index in [9.17, 15) is 4.79 Å².